The molecule has 1 fully saturated rings. The molecule has 1 saturated heterocycles. The molecule has 2 aromatic carbocycles. The zero-order valence-electron chi connectivity index (χ0n) is 10.8. The maximum Gasteiger partial charge on any atom is 0.0624 e. The van der Waals surface area contributed by atoms with Crippen molar-refractivity contribution in [2.45, 2.75) is 11.8 Å². The van der Waals surface area contributed by atoms with Crippen LogP contribution >= 0.6 is 34.8 Å². The van der Waals surface area contributed by atoms with Gasteiger partial charge in [-0.2, -0.15) is 0 Å². The first-order valence-electron chi connectivity index (χ1n) is 6.50. The van der Waals surface area contributed by atoms with Crippen molar-refractivity contribution in [3.8, 4) is 0 Å². The zero-order chi connectivity index (χ0) is 14.2. The normalized spacial score (nSPS) is 16.8. The first kappa shape index (κ1) is 14.2. The van der Waals surface area contributed by atoms with Crippen LogP contribution in [0.25, 0.3) is 0 Å². The van der Waals surface area contributed by atoms with Crippen molar-refractivity contribution >= 4 is 34.8 Å². The third kappa shape index (κ3) is 2.56. The van der Waals surface area contributed by atoms with Crippen molar-refractivity contribution in [3.63, 3.8) is 0 Å². The molecule has 1 aliphatic heterocycles. The predicted octanol–water partition coefficient (Wildman–Crippen LogP) is 4.73. The van der Waals surface area contributed by atoms with Crippen molar-refractivity contribution in [2.75, 3.05) is 13.1 Å². The Hall–Kier alpha value is -0.730. The van der Waals surface area contributed by atoms with Crippen molar-refractivity contribution in [2.24, 2.45) is 0 Å². The summed E-state index contributed by atoms with van der Waals surface area (Å²) in [6, 6.07) is 13.9. The lowest BCUT2D eigenvalue weighted by molar-refractivity contribution is 0.275. The highest BCUT2D eigenvalue weighted by molar-refractivity contribution is 6.42. The Labute approximate surface area is 133 Å². The third-order valence-corrected chi connectivity index (χ3v) is 5.02. The molecule has 3 rings (SSSR count). The minimum atomic E-state index is 0.0548. The van der Waals surface area contributed by atoms with E-state index >= 15 is 0 Å². The number of hydrogen-bond donors (Lipinski definition) is 1. The first-order chi connectivity index (χ1) is 9.61. The summed E-state index contributed by atoms with van der Waals surface area (Å²) in [5, 5.41) is 5.39. The fourth-order valence-electron chi connectivity index (χ4n) is 2.73. The monoisotopic (exact) mass is 325 g/mol. The second kappa shape index (κ2) is 5.57. The summed E-state index contributed by atoms with van der Waals surface area (Å²) < 4.78 is 0. The standard InChI is InChI=1S/C16H14Cl3N/c17-13-5-2-4-12(7-13)16(9-20-10-16)8-11-3-1-6-14(18)15(11)19/h1-7,20H,8-10H2. The summed E-state index contributed by atoms with van der Waals surface area (Å²) in [7, 11) is 0. The van der Waals surface area contributed by atoms with Gasteiger partial charge < -0.3 is 5.32 Å². The Bertz CT molecular complexity index is 635. The van der Waals surface area contributed by atoms with E-state index in [4.69, 9.17) is 34.8 Å². The molecular weight excluding hydrogens is 313 g/mol. The van der Waals surface area contributed by atoms with Gasteiger partial charge in [-0.15, -0.1) is 0 Å². The highest BCUT2D eigenvalue weighted by Gasteiger charge is 2.39. The fraction of sp³-hybridized carbons (Fsp3) is 0.250. The molecule has 0 amide bonds. The maximum atomic E-state index is 6.32. The van der Waals surface area contributed by atoms with Crippen LogP contribution in [0.15, 0.2) is 42.5 Å². The van der Waals surface area contributed by atoms with Crippen LogP contribution < -0.4 is 5.32 Å². The summed E-state index contributed by atoms with van der Waals surface area (Å²) in [6.07, 6.45) is 0.861. The lowest BCUT2D eigenvalue weighted by Gasteiger charge is -2.43. The topological polar surface area (TPSA) is 12.0 Å². The summed E-state index contributed by atoms with van der Waals surface area (Å²) >= 11 is 18.6. The molecule has 4 heteroatoms. The average molecular weight is 327 g/mol. The van der Waals surface area contributed by atoms with Crippen molar-refractivity contribution in [1.82, 2.24) is 5.32 Å². The average Bonchev–Trinajstić information content (AvgIpc) is 2.38. The Morgan fingerprint density at radius 3 is 2.40 bits per heavy atom. The number of benzene rings is 2. The van der Waals surface area contributed by atoms with Crippen LogP contribution in [0.3, 0.4) is 0 Å². The van der Waals surface area contributed by atoms with Crippen molar-refractivity contribution < 1.29 is 0 Å². The summed E-state index contributed by atoms with van der Waals surface area (Å²) in [5.74, 6) is 0. The lowest BCUT2D eigenvalue weighted by Crippen LogP contribution is -2.58. The van der Waals surface area contributed by atoms with E-state index in [-0.39, 0.29) is 5.41 Å². The van der Waals surface area contributed by atoms with Gasteiger partial charge in [0, 0.05) is 23.5 Å². The molecule has 0 aromatic heterocycles. The number of halogens is 3. The van der Waals surface area contributed by atoms with Gasteiger partial charge in [-0.3, -0.25) is 0 Å². The minimum absolute atomic E-state index is 0.0548. The quantitative estimate of drug-likeness (QED) is 0.859. The number of nitrogens with one attached hydrogen (secondary N) is 1. The highest BCUT2D eigenvalue weighted by Crippen LogP contribution is 2.37. The predicted molar refractivity (Wildman–Crippen MR) is 86.2 cm³/mol. The van der Waals surface area contributed by atoms with Gasteiger partial charge in [-0.05, 0) is 35.7 Å². The second-order valence-corrected chi connectivity index (χ2v) is 6.51. The van der Waals surface area contributed by atoms with E-state index in [1.807, 2.05) is 36.4 Å². The summed E-state index contributed by atoms with van der Waals surface area (Å²) in [4.78, 5) is 0. The molecule has 1 nitrogen and oxygen atoms in total. The molecule has 20 heavy (non-hydrogen) atoms. The van der Waals surface area contributed by atoms with Crippen LogP contribution in [-0.2, 0) is 11.8 Å². The van der Waals surface area contributed by atoms with E-state index in [0.717, 1.165) is 30.1 Å². The van der Waals surface area contributed by atoms with Crippen LogP contribution in [0.4, 0.5) is 0 Å². The largest absolute Gasteiger partial charge is 0.315 e. The second-order valence-electron chi connectivity index (χ2n) is 5.28. The van der Waals surface area contributed by atoms with Crippen LogP contribution in [0.1, 0.15) is 11.1 Å². The van der Waals surface area contributed by atoms with E-state index in [9.17, 15) is 0 Å². The molecule has 0 atom stereocenters. The van der Waals surface area contributed by atoms with E-state index < -0.39 is 0 Å². The third-order valence-electron chi connectivity index (χ3n) is 3.92. The molecule has 1 N–H and O–H groups in total. The smallest absolute Gasteiger partial charge is 0.0624 e. The maximum absolute atomic E-state index is 6.32. The molecule has 0 spiro atoms. The molecule has 2 aromatic rings. The Morgan fingerprint density at radius 1 is 1.00 bits per heavy atom. The van der Waals surface area contributed by atoms with Crippen molar-refractivity contribution in [1.29, 1.82) is 0 Å². The molecule has 0 saturated carbocycles. The first-order valence-corrected chi connectivity index (χ1v) is 7.64. The van der Waals surface area contributed by atoms with Gasteiger partial charge in [-0.1, -0.05) is 59.1 Å². The van der Waals surface area contributed by atoms with Gasteiger partial charge in [0.05, 0.1) is 10.0 Å². The van der Waals surface area contributed by atoms with Crippen LogP contribution in [-0.4, -0.2) is 13.1 Å². The highest BCUT2D eigenvalue weighted by atomic mass is 35.5. The summed E-state index contributed by atoms with van der Waals surface area (Å²) in [6.45, 7) is 1.85. The van der Waals surface area contributed by atoms with E-state index in [1.54, 1.807) is 0 Å². The fourth-order valence-corrected chi connectivity index (χ4v) is 3.30. The zero-order valence-corrected chi connectivity index (χ0v) is 13.1. The molecule has 0 radical (unpaired) electrons. The van der Waals surface area contributed by atoms with E-state index in [2.05, 4.69) is 11.4 Å². The van der Waals surface area contributed by atoms with Gasteiger partial charge in [0.2, 0.25) is 0 Å². The number of rotatable bonds is 3. The van der Waals surface area contributed by atoms with Gasteiger partial charge in [0.15, 0.2) is 0 Å². The van der Waals surface area contributed by atoms with Gasteiger partial charge in [-0.25, -0.2) is 0 Å². The van der Waals surface area contributed by atoms with E-state index in [1.165, 1.54) is 5.56 Å². The molecular formula is C16H14Cl3N. The van der Waals surface area contributed by atoms with Gasteiger partial charge >= 0.3 is 0 Å². The van der Waals surface area contributed by atoms with Crippen LogP contribution in [0.5, 0.6) is 0 Å². The Kier molecular flexibility index (Phi) is 3.96. The Balaban J connectivity index is 1.96. The van der Waals surface area contributed by atoms with E-state index in [0.29, 0.717) is 10.0 Å². The molecule has 0 bridgehead atoms. The van der Waals surface area contributed by atoms with Gasteiger partial charge in [0.1, 0.15) is 0 Å². The van der Waals surface area contributed by atoms with Crippen molar-refractivity contribution in [3.05, 3.63) is 68.7 Å². The molecule has 0 aliphatic carbocycles. The molecule has 104 valence electrons. The molecule has 0 unspecified atom stereocenters. The number of hydrogen-bond acceptors (Lipinski definition) is 1. The van der Waals surface area contributed by atoms with Crippen LogP contribution in [0, 0.1) is 0 Å². The Morgan fingerprint density at radius 2 is 1.75 bits per heavy atom. The van der Waals surface area contributed by atoms with Gasteiger partial charge in [0.25, 0.3) is 0 Å². The minimum Gasteiger partial charge on any atom is -0.315 e. The molecule has 1 heterocycles. The SMILES string of the molecule is Clc1cccc(C2(Cc3cccc(Cl)c3Cl)CNC2)c1. The lowest BCUT2D eigenvalue weighted by atomic mass is 9.71. The summed E-state index contributed by atoms with van der Waals surface area (Å²) in [5.41, 5.74) is 2.39. The van der Waals surface area contributed by atoms with Crippen LogP contribution in [0.2, 0.25) is 15.1 Å². The molecule has 1 aliphatic rings.